The molecule has 1 aliphatic rings. The molecule has 1 fully saturated rings. The fourth-order valence-electron chi connectivity index (χ4n) is 2.79. The SMILES string of the molecule is C=CCC[C@H](c1cccc(F)c1C)N1CCNCC1. The molecule has 0 aliphatic carbocycles. The second-order valence-corrected chi connectivity index (χ2v) is 5.12. The van der Waals surface area contributed by atoms with Crippen LogP contribution in [0, 0.1) is 12.7 Å². The van der Waals surface area contributed by atoms with Crippen molar-refractivity contribution in [2.75, 3.05) is 26.2 Å². The van der Waals surface area contributed by atoms with Gasteiger partial charge in [0.25, 0.3) is 0 Å². The molecule has 19 heavy (non-hydrogen) atoms. The Morgan fingerprint density at radius 2 is 2.16 bits per heavy atom. The van der Waals surface area contributed by atoms with Crippen molar-refractivity contribution in [1.29, 1.82) is 0 Å². The Balaban J connectivity index is 2.24. The summed E-state index contributed by atoms with van der Waals surface area (Å²) in [6, 6.07) is 5.73. The smallest absolute Gasteiger partial charge is 0.126 e. The molecule has 2 rings (SSSR count). The first-order valence-electron chi connectivity index (χ1n) is 7.04. The van der Waals surface area contributed by atoms with Crippen molar-refractivity contribution in [1.82, 2.24) is 10.2 Å². The molecule has 1 saturated heterocycles. The van der Waals surface area contributed by atoms with Gasteiger partial charge in [0.05, 0.1) is 0 Å². The molecular formula is C16H23FN2. The fourth-order valence-corrected chi connectivity index (χ4v) is 2.79. The van der Waals surface area contributed by atoms with Crippen LogP contribution in [0.3, 0.4) is 0 Å². The fraction of sp³-hybridized carbons (Fsp3) is 0.500. The molecule has 1 aromatic rings. The zero-order chi connectivity index (χ0) is 13.7. The zero-order valence-corrected chi connectivity index (χ0v) is 11.7. The molecule has 2 nitrogen and oxygen atoms in total. The summed E-state index contributed by atoms with van der Waals surface area (Å²) in [7, 11) is 0. The minimum absolute atomic E-state index is 0.101. The third-order valence-corrected chi connectivity index (χ3v) is 3.91. The Morgan fingerprint density at radius 3 is 2.84 bits per heavy atom. The molecular weight excluding hydrogens is 239 g/mol. The van der Waals surface area contributed by atoms with E-state index in [-0.39, 0.29) is 5.82 Å². The van der Waals surface area contributed by atoms with E-state index < -0.39 is 0 Å². The standard InChI is InChI=1S/C16H23FN2/c1-3-4-8-16(19-11-9-18-10-12-19)14-6-5-7-15(17)13(14)2/h3,5-7,16,18H,1,4,8-12H2,2H3/t16-/m1/s1. The summed E-state index contributed by atoms with van der Waals surface area (Å²) >= 11 is 0. The van der Waals surface area contributed by atoms with Crippen LogP contribution in [0.15, 0.2) is 30.9 Å². The van der Waals surface area contributed by atoms with Crippen molar-refractivity contribution < 1.29 is 4.39 Å². The average Bonchev–Trinajstić information content (AvgIpc) is 2.45. The molecule has 0 bridgehead atoms. The number of hydrogen-bond acceptors (Lipinski definition) is 2. The van der Waals surface area contributed by atoms with Crippen molar-refractivity contribution in [2.45, 2.75) is 25.8 Å². The minimum atomic E-state index is -0.101. The highest BCUT2D eigenvalue weighted by molar-refractivity contribution is 5.30. The van der Waals surface area contributed by atoms with E-state index in [0.717, 1.165) is 50.1 Å². The number of benzene rings is 1. The number of halogens is 1. The van der Waals surface area contributed by atoms with E-state index in [0.29, 0.717) is 6.04 Å². The van der Waals surface area contributed by atoms with Crippen molar-refractivity contribution in [2.24, 2.45) is 0 Å². The van der Waals surface area contributed by atoms with E-state index >= 15 is 0 Å². The maximum absolute atomic E-state index is 13.8. The average molecular weight is 262 g/mol. The summed E-state index contributed by atoms with van der Waals surface area (Å²) in [5.74, 6) is -0.101. The molecule has 1 aliphatic heterocycles. The quantitative estimate of drug-likeness (QED) is 0.821. The van der Waals surface area contributed by atoms with Gasteiger partial charge in [-0.05, 0) is 37.0 Å². The van der Waals surface area contributed by atoms with Crippen molar-refractivity contribution >= 4 is 0 Å². The van der Waals surface area contributed by atoms with Crippen LogP contribution in [0.5, 0.6) is 0 Å². The Morgan fingerprint density at radius 1 is 1.42 bits per heavy atom. The number of piperazine rings is 1. The summed E-state index contributed by atoms with van der Waals surface area (Å²) < 4.78 is 13.8. The monoisotopic (exact) mass is 262 g/mol. The lowest BCUT2D eigenvalue weighted by molar-refractivity contribution is 0.165. The summed E-state index contributed by atoms with van der Waals surface area (Å²) in [5, 5.41) is 3.37. The Labute approximate surface area is 115 Å². The van der Waals surface area contributed by atoms with E-state index in [4.69, 9.17) is 0 Å². The Kier molecular flexibility index (Phi) is 5.11. The van der Waals surface area contributed by atoms with Gasteiger partial charge in [-0.3, -0.25) is 4.90 Å². The second-order valence-electron chi connectivity index (χ2n) is 5.12. The van der Waals surface area contributed by atoms with Gasteiger partial charge >= 0.3 is 0 Å². The Hall–Kier alpha value is -1.19. The van der Waals surface area contributed by atoms with Gasteiger partial charge in [0.15, 0.2) is 0 Å². The predicted octanol–water partition coefficient (Wildman–Crippen LogP) is 3.05. The molecule has 0 radical (unpaired) electrons. The van der Waals surface area contributed by atoms with E-state index in [1.807, 2.05) is 19.1 Å². The predicted molar refractivity (Wildman–Crippen MR) is 77.8 cm³/mol. The number of nitrogens with zero attached hydrogens (tertiary/aromatic N) is 1. The maximum atomic E-state index is 13.8. The summed E-state index contributed by atoms with van der Waals surface area (Å²) in [4.78, 5) is 2.46. The third-order valence-electron chi connectivity index (χ3n) is 3.91. The van der Waals surface area contributed by atoms with Gasteiger partial charge in [-0.25, -0.2) is 4.39 Å². The molecule has 0 spiro atoms. The molecule has 0 amide bonds. The highest BCUT2D eigenvalue weighted by Gasteiger charge is 2.23. The molecule has 1 heterocycles. The first kappa shape index (κ1) is 14.2. The van der Waals surface area contributed by atoms with Gasteiger partial charge in [0.2, 0.25) is 0 Å². The lowest BCUT2D eigenvalue weighted by atomic mass is 9.95. The van der Waals surface area contributed by atoms with Crippen LogP contribution in [-0.2, 0) is 0 Å². The van der Waals surface area contributed by atoms with Gasteiger partial charge < -0.3 is 5.32 Å². The van der Waals surface area contributed by atoms with Crippen molar-refractivity contribution in [3.63, 3.8) is 0 Å². The summed E-state index contributed by atoms with van der Waals surface area (Å²) in [6.45, 7) is 9.77. The summed E-state index contributed by atoms with van der Waals surface area (Å²) in [5.41, 5.74) is 1.92. The minimum Gasteiger partial charge on any atom is -0.314 e. The number of hydrogen-bond donors (Lipinski definition) is 1. The Bertz CT molecular complexity index is 425. The number of nitrogens with one attached hydrogen (secondary N) is 1. The molecule has 0 unspecified atom stereocenters. The molecule has 104 valence electrons. The molecule has 1 N–H and O–H groups in total. The van der Waals surface area contributed by atoms with Gasteiger partial charge in [0.1, 0.15) is 5.82 Å². The van der Waals surface area contributed by atoms with Crippen LogP contribution in [0.4, 0.5) is 4.39 Å². The molecule has 1 aromatic carbocycles. The first-order valence-corrected chi connectivity index (χ1v) is 7.04. The highest BCUT2D eigenvalue weighted by atomic mass is 19.1. The van der Waals surface area contributed by atoms with Gasteiger partial charge in [0, 0.05) is 32.2 Å². The normalized spacial score (nSPS) is 18.2. The molecule has 3 heteroatoms. The van der Waals surface area contributed by atoms with Crippen molar-refractivity contribution in [3.8, 4) is 0 Å². The van der Waals surface area contributed by atoms with Crippen LogP contribution in [0.2, 0.25) is 0 Å². The van der Waals surface area contributed by atoms with Gasteiger partial charge in [-0.1, -0.05) is 18.2 Å². The van der Waals surface area contributed by atoms with Crippen LogP contribution in [0.25, 0.3) is 0 Å². The van der Waals surface area contributed by atoms with Gasteiger partial charge in [-0.2, -0.15) is 0 Å². The van der Waals surface area contributed by atoms with E-state index in [1.165, 1.54) is 0 Å². The van der Waals surface area contributed by atoms with Crippen LogP contribution in [-0.4, -0.2) is 31.1 Å². The molecule has 1 atom stereocenters. The molecule has 0 saturated carbocycles. The first-order chi connectivity index (χ1) is 9.24. The van der Waals surface area contributed by atoms with E-state index in [2.05, 4.69) is 22.9 Å². The number of rotatable bonds is 5. The third kappa shape index (κ3) is 3.43. The largest absolute Gasteiger partial charge is 0.314 e. The van der Waals surface area contributed by atoms with Crippen molar-refractivity contribution in [3.05, 3.63) is 47.8 Å². The zero-order valence-electron chi connectivity index (χ0n) is 11.7. The van der Waals surface area contributed by atoms with Gasteiger partial charge in [-0.15, -0.1) is 6.58 Å². The van der Waals surface area contributed by atoms with Crippen LogP contribution < -0.4 is 5.32 Å². The van der Waals surface area contributed by atoms with Crippen LogP contribution in [0.1, 0.15) is 30.0 Å². The van der Waals surface area contributed by atoms with E-state index in [1.54, 1.807) is 6.07 Å². The summed E-state index contributed by atoms with van der Waals surface area (Å²) in [6.07, 6.45) is 3.92. The second kappa shape index (κ2) is 6.83. The maximum Gasteiger partial charge on any atom is 0.126 e. The van der Waals surface area contributed by atoms with E-state index in [9.17, 15) is 4.39 Å². The highest BCUT2D eigenvalue weighted by Crippen LogP contribution is 2.29. The number of allylic oxidation sites excluding steroid dienone is 1. The van der Waals surface area contributed by atoms with Crippen LogP contribution >= 0.6 is 0 Å². The topological polar surface area (TPSA) is 15.3 Å². The lowest BCUT2D eigenvalue weighted by Crippen LogP contribution is -2.45. The molecule has 0 aromatic heterocycles. The lowest BCUT2D eigenvalue weighted by Gasteiger charge is -2.36.